The molecule has 1 saturated heterocycles. The minimum Gasteiger partial charge on any atom is -0.507 e. The quantitative estimate of drug-likeness (QED) is 0.433. The number of ketones is 2. The van der Waals surface area contributed by atoms with Crippen LogP contribution in [0.3, 0.4) is 0 Å². The number of aromatic hydroxyl groups is 1. The number of ether oxygens (including phenoxy) is 1. The molecule has 0 aromatic heterocycles. The second-order valence-corrected chi connectivity index (χ2v) is 13.8. The van der Waals surface area contributed by atoms with Crippen LogP contribution in [0.1, 0.15) is 76.3 Å². The molecular weight excluding hydrogens is 574 g/mol. The van der Waals surface area contributed by atoms with Crippen LogP contribution < -0.4 is 10.6 Å². The van der Waals surface area contributed by atoms with Crippen molar-refractivity contribution in [2.45, 2.75) is 110 Å². The van der Waals surface area contributed by atoms with Crippen LogP contribution in [0.4, 0.5) is 4.79 Å². The first kappa shape index (κ1) is 32.4. The lowest BCUT2D eigenvalue weighted by Crippen LogP contribution is -2.71. The van der Waals surface area contributed by atoms with Crippen LogP contribution in [0, 0.1) is 25.2 Å². The molecular formula is C34H43N5O6. The summed E-state index contributed by atoms with van der Waals surface area (Å²) < 4.78 is 5.28. The Balaban J connectivity index is 1.57. The molecule has 45 heavy (non-hydrogen) atoms. The fourth-order valence-electron chi connectivity index (χ4n) is 7.48. The fourth-order valence-corrected chi connectivity index (χ4v) is 7.48. The van der Waals surface area contributed by atoms with Crippen LogP contribution in [0.2, 0.25) is 0 Å². The van der Waals surface area contributed by atoms with E-state index < -0.39 is 41.8 Å². The largest absolute Gasteiger partial charge is 0.507 e. The maximum atomic E-state index is 13.9. The number of nitrogens with one attached hydrogen (secondary N) is 2. The Morgan fingerprint density at radius 1 is 1.11 bits per heavy atom. The van der Waals surface area contributed by atoms with E-state index in [-0.39, 0.29) is 42.4 Å². The molecule has 240 valence electrons. The number of piperazine rings is 1. The van der Waals surface area contributed by atoms with Crippen molar-refractivity contribution in [2.75, 3.05) is 13.6 Å². The summed E-state index contributed by atoms with van der Waals surface area (Å²) in [5, 5.41) is 27.5. The van der Waals surface area contributed by atoms with Gasteiger partial charge in [0.15, 0.2) is 11.6 Å². The molecule has 1 aromatic carbocycles. The maximum Gasteiger partial charge on any atom is 0.408 e. The molecule has 1 aliphatic carbocycles. The van der Waals surface area contributed by atoms with Crippen LogP contribution in [-0.4, -0.2) is 87.9 Å². The van der Waals surface area contributed by atoms with Gasteiger partial charge in [-0.3, -0.25) is 24.2 Å². The lowest BCUT2D eigenvalue weighted by molar-refractivity contribution is -0.124. The number of amides is 2. The molecule has 3 N–H and O–H groups in total. The number of likely N-dealkylation sites (N-methyl/N-ethyl adjacent to an activating group) is 1. The number of nitrogens with zero attached hydrogens (tertiary/aromatic N) is 3. The summed E-state index contributed by atoms with van der Waals surface area (Å²) >= 11 is 0. The predicted molar refractivity (Wildman–Crippen MR) is 166 cm³/mol. The van der Waals surface area contributed by atoms with E-state index in [9.17, 15) is 29.5 Å². The van der Waals surface area contributed by atoms with Gasteiger partial charge in [-0.25, -0.2) is 4.79 Å². The Hall–Kier alpha value is -4.01. The third-order valence-corrected chi connectivity index (χ3v) is 9.98. The van der Waals surface area contributed by atoms with Gasteiger partial charge in [-0.05, 0) is 92.0 Å². The number of fused-ring (bicyclic) bond motifs is 6. The Bertz CT molecular complexity index is 1610. The molecule has 4 aliphatic rings. The molecule has 1 aromatic rings. The zero-order chi connectivity index (χ0) is 33.3. The molecule has 0 saturated carbocycles. The zero-order valence-corrected chi connectivity index (χ0v) is 27.5. The lowest BCUT2D eigenvalue weighted by atomic mass is 9.69. The molecule has 6 atom stereocenters. The smallest absolute Gasteiger partial charge is 0.408 e. The Morgan fingerprint density at radius 2 is 1.76 bits per heavy atom. The van der Waals surface area contributed by atoms with Gasteiger partial charge in [-0.2, -0.15) is 5.26 Å². The highest BCUT2D eigenvalue weighted by molar-refractivity contribution is 6.25. The Labute approximate surface area is 264 Å². The molecule has 3 aliphatic heterocycles. The number of hydrogen-bond donors (Lipinski definition) is 3. The number of phenols is 1. The number of alkyl carbamates (subject to hydrolysis) is 1. The highest BCUT2D eigenvalue weighted by Gasteiger charge is 2.57. The summed E-state index contributed by atoms with van der Waals surface area (Å²) in [6.07, 6.45) is 0.000253. The summed E-state index contributed by atoms with van der Waals surface area (Å²) in [5.74, 6) is -0.771. The molecule has 1 unspecified atom stereocenters. The maximum absolute atomic E-state index is 13.9. The number of benzene rings is 1. The molecule has 1 fully saturated rings. The second kappa shape index (κ2) is 11.4. The van der Waals surface area contributed by atoms with Gasteiger partial charge in [0.25, 0.3) is 0 Å². The van der Waals surface area contributed by atoms with Crippen molar-refractivity contribution in [2.24, 2.45) is 0 Å². The van der Waals surface area contributed by atoms with Gasteiger partial charge >= 0.3 is 6.09 Å². The topological polar surface area (TPSA) is 152 Å². The molecule has 11 nitrogen and oxygen atoms in total. The number of carbonyl (C=O) groups is 4. The normalized spacial score (nSPS) is 27.2. The minimum absolute atomic E-state index is 0.0625. The van der Waals surface area contributed by atoms with Crippen molar-refractivity contribution in [3.63, 3.8) is 0 Å². The van der Waals surface area contributed by atoms with Gasteiger partial charge in [0.1, 0.15) is 23.4 Å². The number of carbonyl (C=O) groups excluding carboxylic acids is 4. The zero-order valence-electron chi connectivity index (χ0n) is 27.5. The van der Waals surface area contributed by atoms with E-state index in [1.165, 1.54) is 6.92 Å². The predicted octanol–water partition coefficient (Wildman–Crippen LogP) is 3.07. The van der Waals surface area contributed by atoms with E-state index in [1.54, 1.807) is 34.6 Å². The van der Waals surface area contributed by atoms with Crippen molar-refractivity contribution in [1.82, 2.24) is 20.4 Å². The molecule has 3 heterocycles. The van der Waals surface area contributed by atoms with Crippen LogP contribution >= 0.6 is 0 Å². The van der Waals surface area contributed by atoms with E-state index in [2.05, 4.69) is 27.7 Å². The Kier molecular flexibility index (Phi) is 8.21. The molecule has 0 spiro atoms. The van der Waals surface area contributed by atoms with Gasteiger partial charge in [-0.1, -0.05) is 6.07 Å². The van der Waals surface area contributed by atoms with Crippen molar-refractivity contribution in [1.29, 1.82) is 5.26 Å². The third-order valence-electron chi connectivity index (χ3n) is 9.98. The van der Waals surface area contributed by atoms with E-state index >= 15 is 0 Å². The van der Waals surface area contributed by atoms with E-state index in [0.717, 1.165) is 22.3 Å². The molecule has 2 bridgehead atoms. The average Bonchev–Trinajstić information content (AvgIpc) is 2.95. The molecule has 0 radical (unpaired) electrons. The number of phenolic OH excluding ortho intramolecular Hbond substituents is 1. The Morgan fingerprint density at radius 3 is 2.38 bits per heavy atom. The standard InChI is InChI=1S/C34H43N5O6/c1-15-10-20-11-22-24(13-35)39-23(28(38(22)9)26(20)30(41)16(15)2)12-21-27(31(42)18(4)17(3)29(21)40)25(39)14-36-32(43)19(5)37-33(44)45-34(6,7)8/h10,19,22-25,28,41H,11-12,14H2,1-9H3,(H,36,43)(H,37,44)/t19-,22-,23?,24-,25-,28-/m0/s1. The summed E-state index contributed by atoms with van der Waals surface area (Å²) in [4.78, 5) is 57.4. The third kappa shape index (κ3) is 5.34. The second-order valence-electron chi connectivity index (χ2n) is 13.8. The highest BCUT2D eigenvalue weighted by Crippen LogP contribution is 2.52. The number of nitriles is 1. The number of hydrogen-bond acceptors (Lipinski definition) is 9. The van der Waals surface area contributed by atoms with Crippen LogP contribution in [0.5, 0.6) is 5.75 Å². The number of rotatable bonds is 4. The molecule has 11 heteroatoms. The average molecular weight is 618 g/mol. The van der Waals surface area contributed by atoms with E-state index in [0.29, 0.717) is 28.7 Å². The van der Waals surface area contributed by atoms with Gasteiger partial charge in [-0.15, -0.1) is 0 Å². The van der Waals surface area contributed by atoms with Crippen LogP contribution in [0.25, 0.3) is 0 Å². The van der Waals surface area contributed by atoms with Gasteiger partial charge in [0.2, 0.25) is 5.91 Å². The van der Waals surface area contributed by atoms with Gasteiger partial charge in [0.05, 0.1) is 18.2 Å². The van der Waals surface area contributed by atoms with Crippen molar-refractivity contribution in [3.05, 3.63) is 50.6 Å². The molecule has 5 rings (SSSR count). The summed E-state index contributed by atoms with van der Waals surface area (Å²) in [6, 6.07) is 1.11. The SMILES string of the molecule is CC1=C(C)C(=O)C2=C(CC3[C@H]4c5c(cc(C)c(C)c5O)C[C@@H]([C@H](C#N)N3[C@H]2CNC(=O)[C@H](C)NC(=O)OC(C)(C)C)N4C)C1=O. The molecule has 2 amide bonds. The van der Waals surface area contributed by atoms with Crippen LogP contribution in [0.15, 0.2) is 28.4 Å². The number of allylic oxidation sites excluding steroid dienone is 2. The minimum atomic E-state index is -0.950. The van der Waals surface area contributed by atoms with E-state index in [4.69, 9.17) is 4.74 Å². The first-order valence-corrected chi connectivity index (χ1v) is 15.5. The monoisotopic (exact) mass is 617 g/mol. The van der Waals surface area contributed by atoms with Gasteiger partial charge < -0.3 is 20.5 Å². The summed E-state index contributed by atoms with van der Waals surface area (Å²) in [6.45, 7) is 13.8. The highest BCUT2D eigenvalue weighted by atomic mass is 16.6. The first-order chi connectivity index (χ1) is 21.0. The lowest BCUT2D eigenvalue weighted by Gasteiger charge is -2.60. The fraction of sp³-hybridized carbons (Fsp3) is 0.559. The van der Waals surface area contributed by atoms with Gasteiger partial charge in [0, 0.05) is 46.5 Å². The summed E-state index contributed by atoms with van der Waals surface area (Å²) in [7, 11) is 1.95. The van der Waals surface area contributed by atoms with Crippen molar-refractivity contribution >= 4 is 23.6 Å². The van der Waals surface area contributed by atoms with Crippen molar-refractivity contribution in [3.8, 4) is 11.8 Å². The number of Topliss-reactive ketones (excluding diaryl/α,β-unsaturated/α-hetero) is 2. The number of aryl methyl sites for hydroxylation is 1. The van der Waals surface area contributed by atoms with Crippen LogP contribution in [-0.2, 0) is 25.5 Å². The van der Waals surface area contributed by atoms with Crippen molar-refractivity contribution < 1.29 is 29.0 Å². The summed E-state index contributed by atoms with van der Waals surface area (Å²) in [5.41, 5.74) is 4.20. The first-order valence-electron chi connectivity index (χ1n) is 15.5. The van der Waals surface area contributed by atoms with E-state index in [1.807, 2.05) is 25.8 Å².